The molecule has 1 aromatic rings. The number of hydrogen-bond acceptors (Lipinski definition) is 1. The molecule has 36 heavy (non-hydrogen) atoms. The zero-order valence-electron chi connectivity index (χ0n) is 24.1. The largest absolute Gasteiger partial charge is 0.316 e. The summed E-state index contributed by atoms with van der Waals surface area (Å²) in [4.78, 5) is 0. The molecule has 0 N–H and O–H groups in total. The summed E-state index contributed by atoms with van der Waals surface area (Å²) in [7, 11) is -1.66. The van der Waals surface area contributed by atoms with Crippen LogP contribution in [-0.4, -0.2) is 24.4 Å². The Kier molecular flexibility index (Phi) is 6.27. The highest BCUT2D eigenvalue weighted by atomic mass is 28.3. The molecule has 0 bridgehead atoms. The summed E-state index contributed by atoms with van der Waals surface area (Å²) in [6.45, 7) is 15.3. The van der Waals surface area contributed by atoms with E-state index in [9.17, 15) is 0 Å². The molecule has 2 saturated carbocycles. The maximum atomic E-state index is 3.31. The van der Waals surface area contributed by atoms with E-state index in [2.05, 4.69) is 82.5 Å². The van der Waals surface area contributed by atoms with E-state index in [1.165, 1.54) is 63.4 Å². The Balaban J connectivity index is 1.46. The topological polar surface area (TPSA) is 3.24 Å². The summed E-state index contributed by atoms with van der Waals surface area (Å²) in [5, 5.41) is 0. The van der Waals surface area contributed by atoms with Gasteiger partial charge in [-0.2, -0.15) is 0 Å². The van der Waals surface area contributed by atoms with Crippen LogP contribution < -0.4 is 0 Å². The minimum atomic E-state index is -1.66. The first kappa shape index (κ1) is 25.2. The minimum absolute atomic E-state index is 0.144. The van der Waals surface area contributed by atoms with Gasteiger partial charge in [0.25, 0.3) is 0 Å². The van der Waals surface area contributed by atoms with Gasteiger partial charge in [-0.25, -0.2) is 0 Å². The SMILES string of the molecule is CC1CC([Si]2(N(C3CCCCC3)C(C)(C)C)CCCCC2)C2C=C3C(=CC12)C(C)(C)c1ccccc13. The molecule has 1 heterocycles. The summed E-state index contributed by atoms with van der Waals surface area (Å²) in [5.74, 6) is 2.30. The average Bonchev–Trinajstić information content (AvgIpc) is 3.30. The monoisotopic (exact) mass is 501 g/mol. The van der Waals surface area contributed by atoms with Crippen LogP contribution in [0.5, 0.6) is 0 Å². The van der Waals surface area contributed by atoms with Crippen LogP contribution in [-0.2, 0) is 5.41 Å². The van der Waals surface area contributed by atoms with Gasteiger partial charge < -0.3 is 4.57 Å². The Morgan fingerprint density at radius 2 is 1.53 bits per heavy atom. The van der Waals surface area contributed by atoms with Gasteiger partial charge in [0.1, 0.15) is 8.24 Å². The number of allylic oxidation sites excluding steroid dienone is 4. The number of nitrogens with zero attached hydrogens (tertiary/aromatic N) is 1. The Morgan fingerprint density at radius 3 is 2.22 bits per heavy atom. The quantitative estimate of drug-likeness (QED) is 0.373. The van der Waals surface area contributed by atoms with E-state index in [1.807, 2.05) is 0 Å². The Bertz CT molecular complexity index is 1040. The molecule has 0 amide bonds. The van der Waals surface area contributed by atoms with Crippen molar-refractivity contribution in [3.63, 3.8) is 0 Å². The second kappa shape index (κ2) is 8.97. The lowest BCUT2D eigenvalue weighted by atomic mass is 9.75. The number of rotatable bonds is 3. The molecule has 2 heteroatoms. The van der Waals surface area contributed by atoms with Gasteiger partial charge in [-0.3, -0.25) is 0 Å². The van der Waals surface area contributed by atoms with Crippen molar-refractivity contribution in [3.8, 4) is 0 Å². The first-order valence-corrected chi connectivity index (χ1v) is 17.9. The second-order valence-electron chi connectivity index (χ2n) is 14.8. The highest BCUT2D eigenvalue weighted by molar-refractivity contribution is 6.79. The fourth-order valence-corrected chi connectivity index (χ4v) is 17.8. The fraction of sp³-hybridized carbons (Fsp3) is 0.706. The van der Waals surface area contributed by atoms with E-state index in [0.29, 0.717) is 0 Å². The first-order chi connectivity index (χ1) is 17.1. The summed E-state index contributed by atoms with van der Waals surface area (Å²) in [5.41, 5.74) is 7.68. The first-order valence-electron chi connectivity index (χ1n) is 15.5. The van der Waals surface area contributed by atoms with E-state index < -0.39 is 8.24 Å². The molecule has 0 radical (unpaired) electrons. The van der Waals surface area contributed by atoms with Crippen LogP contribution in [0.2, 0.25) is 17.6 Å². The van der Waals surface area contributed by atoms with Crippen molar-refractivity contribution in [2.24, 2.45) is 17.8 Å². The van der Waals surface area contributed by atoms with Crippen molar-refractivity contribution in [1.29, 1.82) is 0 Å². The van der Waals surface area contributed by atoms with Crippen LogP contribution in [0.1, 0.15) is 110 Å². The molecule has 4 unspecified atom stereocenters. The van der Waals surface area contributed by atoms with E-state index in [4.69, 9.17) is 0 Å². The molecular weight excluding hydrogens is 450 g/mol. The van der Waals surface area contributed by atoms with Crippen molar-refractivity contribution < 1.29 is 0 Å². The van der Waals surface area contributed by atoms with Crippen molar-refractivity contribution in [2.45, 2.75) is 134 Å². The molecule has 1 saturated heterocycles. The maximum Gasteiger partial charge on any atom is 0.132 e. The van der Waals surface area contributed by atoms with E-state index in [-0.39, 0.29) is 11.0 Å². The molecule has 6 rings (SSSR count). The summed E-state index contributed by atoms with van der Waals surface area (Å²) in [6.07, 6.45) is 18.9. The van der Waals surface area contributed by atoms with Crippen LogP contribution >= 0.6 is 0 Å². The highest BCUT2D eigenvalue weighted by Crippen LogP contribution is 2.62. The van der Waals surface area contributed by atoms with Crippen LogP contribution in [0, 0.1) is 17.8 Å². The van der Waals surface area contributed by atoms with Gasteiger partial charge in [0.2, 0.25) is 0 Å². The Hall–Kier alpha value is -1.12. The predicted octanol–water partition coefficient (Wildman–Crippen LogP) is 9.51. The molecular formula is C34H51NSi. The Labute approximate surface area is 222 Å². The van der Waals surface area contributed by atoms with Crippen LogP contribution in [0.4, 0.5) is 0 Å². The highest BCUT2D eigenvalue weighted by Gasteiger charge is 2.59. The predicted molar refractivity (Wildman–Crippen MR) is 158 cm³/mol. The van der Waals surface area contributed by atoms with Crippen molar-refractivity contribution >= 4 is 13.8 Å². The summed E-state index contributed by atoms with van der Waals surface area (Å²) in [6, 6.07) is 13.3. The normalized spacial score (nSPS) is 33.5. The van der Waals surface area contributed by atoms with Gasteiger partial charge in [0, 0.05) is 17.0 Å². The van der Waals surface area contributed by atoms with E-state index >= 15 is 0 Å². The van der Waals surface area contributed by atoms with Gasteiger partial charge in [-0.15, -0.1) is 0 Å². The summed E-state index contributed by atoms with van der Waals surface area (Å²) < 4.78 is 3.31. The van der Waals surface area contributed by atoms with Gasteiger partial charge in [-0.05, 0) is 97.7 Å². The average molecular weight is 502 g/mol. The molecule has 1 nitrogen and oxygen atoms in total. The van der Waals surface area contributed by atoms with Crippen LogP contribution in [0.25, 0.3) is 5.57 Å². The van der Waals surface area contributed by atoms with Crippen LogP contribution in [0.3, 0.4) is 0 Å². The van der Waals surface area contributed by atoms with E-state index in [0.717, 1.165) is 29.3 Å². The van der Waals surface area contributed by atoms with Gasteiger partial charge in [0.05, 0.1) is 0 Å². The van der Waals surface area contributed by atoms with E-state index in [1.54, 1.807) is 28.8 Å². The lowest BCUT2D eigenvalue weighted by molar-refractivity contribution is 0.134. The van der Waals surface area contributed by atoms with Crippen molar-refractivity contribution in [1.82, 2.24) is 4.57 Å². The molecule has 0 aromatic heterocycles. The third kappa shape index (κ3) is 3.79. The molecule has 196 valence electrons. The number of fused-ring (bicyclic) bond motifs is 4. The number of hydrogen-bond donors (Lipinski definition) is 0. The molecule has 1 aromatic carbocycles. The molecule has 4 atom stereocenters. The standard InChI is InChI=1S/C34H51NSi/c1-24-21-32(29-22-28-26-17-11-12-18-30(26)34(5,6)31(28)23-27(24)29)36(19-13-8-14-20-36)35(33(2,3)4)25-15-9-7-10-16-25/h11-12,17-18,22-25,27,29,32H,7-10,13-16,19-21H2,1-6H3. The summed E-state index contributed by atoms with van der Waals surface area (Å²) >= 11 is 0. The fourth-order valence-electron chi connectivity index (χ4n) is 10.1. The number of benzene rings is 1. The third-order valence-electron chi connectivity index (χ3n) is 11.3. The zero-order valence-corrected chi connectivity index (χ0v) is 25.1. The van der Waals surface area contributed by atoms with Crippen molar-refractivity contribution in [2.75, 3.05) is 0 Å². The zero-order chi connectivity index (χ0) is 25.3. The molecule has 1 aliphatic heterocycles. The molecule has 0 spiro atoms. The minimum Gasteiger partial charge on any atom is -0.316 e. The van der Waals surface area contributed by atoms with Gasteiger partial charge in [0.15, 0.2) is 0 Å². The smallest absolute Gasteiger partial charge is 0.132 e. The lowest BCUT2D eigenvalue weighted by Crippen LogP contribution is -2.68. The molecule has 3 fully saturated rings. The van der Waals surface area contributed by atoms with Crippen LogP contribution in [0.15, 0.2) is 42.0 Å². The van der Waals surface area contributed by atoms with Gasteiger partial charge >= 0.3 is 0 Å². The molecule has 4 aliphatic carbocycles. The lowest BCUT2D eigenvalue weighted by Gasteiger charge is -2.59. The van der Waals surface area contributed by atoms with Gasteiger partial charge in [-0.1, -0.05) is 95.7 Å². The second-order valence-corrected chi connectivity index (χ2v) is 19.2. The van der Waals surface area contributed by atoms with Crippen molar-refractivity contribution in [3.05, 3.63) is 53.1 Å². The third-order valence-corrected chi connectivity index (χ3v) is 17.8. The maximum absolute atomic E-state index is 3.31. The molecule has 5 aliphatic rings. The Morgan fingerprint density at radius 1 is 0.861 bits per heavy atom.